The summed E-state index contributed by atoms with van der Waals surface area (Å²) in [6.45, 7) is 3.43. The number of amides is 1. The maximum absolute atomic E-state index is 12.0. The highest BCUT2D eigenvalue weighted by Crippen LogP contribution is 2.17. The second kappa shape index (κ2) is 6.65. The molecule has 1 amide bonds. The molecule has 0 saturated carbocycles. The second-order valence-electron chi connectivity index (χ2n) is 4.47. The van der Waals surface area contributed by atoms with E-state index < -0.39 is 22.8 Å². The number of nitrogens with zero attached hydrogens (tertiary/aromatic N) is 1. The summed E-state index contributed by atoms with van der Waals surface area (Å²) in [7, 11) is 0. The SMILES string of the molecule is CCCC(NC(=O)c1cc(C)cc([N+](=O)[O-])c1)C(=O)O. The molecule has 0 bridgehead atoms. The number of nitro benzene ring substituents is 1. The van der Waals surface area contributed by atoms with Gasteiger partial charge in [0.1, 0.15) is 6.04 Å². The van der Waals surface area contributed by atoms with Gasteiger partial charge in [-0.3, -0.25) is 14.9 Å². The highest BCUT2D eigenvalue weighted by atomic mass is 16.6. The molecular weight excluding hydrogens is 264 g/mol. The molecular formula is C13H16N2O5. The third kappa shape index (κ3) is 4.04. The lowest BCUT2D eigenvalue weighted by Crippen LogP contribution is -2.40. The Morgan fingerprint density at radius 3 is 2.55 bits per heavy atom. The number of rotatable bonds is 6. The molecule has 1 aromatic rings. The van der Waals surface area contributed by atoms with Gasteiger partial charge in [0, 0.05) is 17.7 Å². The fourth-order valence-corrected chi connectivity index (χ4v) is 1.79. The van der Waals surface area contributed by atoms with Crippen LogP contribution in [0.2, 0.25) is 0 Å². The Morgan fingerprint density at radius 1 is 1.40 bits per heavy atom. The van der Waals surface area contributed by atoms with Gasteiger partial charge < -0.3 is 10.4 Å². The zero-order valence-corrected chi connectivity index (χ0v) is 11.3. The molecule has 2 N–H and O–H groups in total. The number of carboxylic acid groups (broad SMARTS) is 1. The van der Waals surface area contributed by atoms with Crippen molar-refractivity contribution in [3.8, 4) is 0 Å². The monoisotopic (exact) mass is 280 g/mol. The van der Waals surface area contributed by atoms with Gasteiger partial charge in [0.25, 0.3) is 11.6 Å². The summed E-state index contributed by atoms with van der Waals surface area (Å²) >= 11 is 0. The van der Waals surface area contributed by atoms with Crippen molar-refractivity contribution >= 4 is 17.6 Å². The number of benzene rings is 1. The lowest BCUT2D eigenvalue weighted by molar-refractivity contribution is -0.384. The van der Waals surface area contributed by atoms with Crippen LogP contribution in [-0.4, -0.2) is 27.9 Å². The van der Waals surface area contributed by atoms with Crippen molar-refractivity contribution in [1.29, 1.82) is 0 Å². The molecule has 1 atom stereocenters. The number of aryl methyl sites for hydroxylation is 1. The van der Waals surface area contributed by atoms with Crippen LogP contribution in [0.5, 0.6) is 0 Å². The molecule has 0 aliphatic heterocycles. The van der Waals surface area contributed by atoms with Crippen molar-refractivity contribution in [3.63, 3.8) is 0 Å². The molecule has 0 heterocycles. The van der Waals surface area contributed by atoms with Crippen LogP contribution in [0.4, 0.5) is 5.69 Å². The number of hydrogen-bond donors (Lipinski definition) is 2. The average Bonchev–Trinajstić information content (AvgIpc) is 2.37. The lowest BCUT2D eigenvalue weighted by atomic mass is 10.1. The molecule has 0 radical (unpaired) electrons. The van der Waals surface area contributed by atoms with E-state index in [1.54, 1.807) is 13.8 Å². The number of carbonyl (C=O) groups excluding carboxylic acids is 1. The molecule has 108 valence electrons. The molecule has 20 heavy (non-hydrogen) atoms. The van der Waals surface area contributed by atoms with E-state index in [0.29, 0.717) is 18.4 Å². The molecule has 1 unspecified atom stereocenters. The van der Waals surface area contributed by atoms with Crippen LogP contribution in [0, 0.1) is 17.0 Å². The van der Waals surface area contributed by atoms with Crippen LogP contribution >= 0.6 is 0 Å². The van der Waals surface area contributed by atoms with E-state index in [4.69, 9.17) is 5.11 Å². The van der Waals surface area contributed by atoms with E-state index in [1.807, 2.05) is 0 Å². The van der Waals surface area contributed by atoms with Gasteiger partial charge in [-0.25, -0.2) is 4.79 Å². The first-order chi connectivity index (χ1) is 9.35. The number of aliphatic carboxylic acids is 1. The first-order valence-electron chi connectivity index (χ1n) is 6.15. The van der Waals surface area contributed by atoms with Crippen LogP contribution < -0.4 is 5.32 Å². The van der Waals surface area contributed by atoms with Crippen molar-refractivity contribution in [2.24, 2.45) is 0 Å². The minimum atomic E-state index is -1.12. The summed E-state index contributed by atoms with van der Waals surface area (Å²) in [5, 5.41) is 22.1. The molecule has 0 fully saturated rings. The van der Waals surface area contributed by atoms with Gasteiger partial charge in [-0.05, 0) is 25.0 Å². The van der Waals surface area contributed by atoms with E-state index in [9.17, 15) is 19.7 Å². The summed E-state index contributed by atoms with van der Waals surface area (Å²) in [5.74, 6) is -1.75. The minimum Gasteiger partial charge on any atom is -0.480 e. The number of carboxylic acids is 1. The standard InChI is InChI=1S/C13H16N2O5/c1-3-4-11(13(17)18)14-12(16)9-5-8(2)6-10(7-9)15(19)20/h5-7,11H,3-4H2,1-2H3,(H,14,16)(H,17,18). The van der Waals surface area contributed by atoms with Crippen LogP contribution in [-0.2, 0) is 4.79 Å². The lowest BCUT2D eigenvalue weighted by Gasteiger charge is -2.13. The Balaban J connectivity index is 2.97. The predicted octanol–water partition coefficient (Wildman–Crippen LogP) is 1.89. The second-order valence-corrected chi connectivity index (χ2v) is 4.47. The molecule has 0 aliphatic rings. The Hall–Kier alpha value is -2.44. The van der Waals surface area contributed by atoms with E-state index in [2.05, 4.69) is 5.32 Å². The molecule has 7 nitrogen and oxygen atoms in total. The van der Waals surface area contributed by atoms with Gasteiger partial charge in [-0.1, -0.05) is 13.3 Å². The highest BCUT2D eigenvalue weighted by molar-refractivity contribution is 5.97. The number of hydrogen-bond acceptors (Lipinski definition) is 4. The maximum Gasteiger partial charge on any atom is 0.326 e. The largest absolute Gasteiger partial charge is 0.480 e. The summed E-state index contributed by atoms with van der Waals surface area (Å²) < 4.78 is 0. The third-order valence-electron chi connectivity index (χ3n) is 2.72. The Bertz CT molecular complexity index is 542. The van der Waals surface area contributed by atoms with Crippen molar-refractivity contribution in [2.45, 2.75) is 32.7 Å². The Kier molecular flexibility index (Phi) is 5.19. The molecule has 1 aromatic carbocycles. The van der Waals surface area contributed by atoms with E-state index in [1.165, 1.54) is 12.1 Å². The molecule has 7 heteroatoms. The van der Waals surface area contributed by atoms with Crippen molar-refractivity contribution in [1.82, 2.24) is 5.32 Å². The van der Waals surface area contributed by atoms with Gasteiger partial charge >= 0.3 is 5.97 Å². The minimum absolute atomic E-state index is 0.0825. The van der Waals surface area contributed by atoms with Crippen LogP contribution in [0.1, 0.15) is 35.7 Å². The van der Waals surface area contributed by atoms with Crippen LogP contribution in [0.25, 0.3) is 0 Å². The molecule has 0 spiro atoms. The summed E-state index contributed by atoms with van der Waals surface area (Å²) in [5.41, 5.74) is 0.447. The van der Waals surface area contributed by atoms with Gasteiger partial charge in [0.2, 0.25) is 0 Å². The number of nitro groups is 1. The Morgan fingerprint density at radius 2 is 2.05 bits per heavy atom. The summed E-state index contributed by atoms with van der Waals surface area (Å²) in [6.07, 6.45) is 0.903. The van der Waals surface area contributed by atoms with Gasteiger partial charge in [0.15, 0.2) is 0 Å². The summed E-state index contributed by atoms with van der Waals surface area (Å²) in [4.78, 5) is 33.1. The number of nitrogens with one attached hydrogen (secondary N) is 1. The molecule has 0 saturated heterocycles. The zero-order valence-electron chi connectivity index (χ0n) is 11.3. The smallest absolute Gasteiger partial charge is 0.326 e. The van der Waals surface area contributed by atoms with Crippen molar-refractivity contribution in [3.05, 3.63) is 39.4 Å². The fourth-order valence-electron chi connectivity index (χ4n) is 1.79. The van der Waals surface area contributed by atoms with E-state index in [-0.39, 0.29) is 11.3 Å². The van der Waals surface area contributed by atoms with Crippen LogP contribution in [0.3, 0.4) is 0 Å². The van der Waals surface area contributed by atoms with E-state index >= 15 is 0 Å². The van der Waals surface area contributed by atoms with Crippen molar-refractivity contribution < 1.29 is 19.6 Å². The fraction of sp³-hybridized carbons (Fsp3) is 0.385. The van der Waals surface area contributed by atoms with Gasteiger partial charge in [-0.15, -0.1) is 0 Å². The first kappa shape index (κ1) is 15.6. The van der Waals surface area contributed by atoms with E-state index in [0.717, 1.165) is 6.07 Å². The Labute approximate surface area is 115 Å². The van der Waals surface area contributed by atoms with Crippen LogP contribution in [0.15, 0.2) is 18.2 Å². The topological polar surface area (TPSA) is 110 Å². The highest BCUT2D eigenvalue weighted by Gasteiger charge is 2.21. The molecule has 0 aromatic heterocycles. The number of carbonyl (C=O) groups is 2. The first-order valence-corrected chi connectivity index (χ1v) is 6.15. The normalized spacial score (nSPS) is 11.7. The third-order valence-corrected chi connectivity index (χ3v) is 2.72. The molecule has 0 aliphatic carbocycles. The number of non-ortho nitro benzene ring substituents is 1. The molecule has 1 rings (SSSR count). The van der Waals surface area contributed by atoms with Gasteiger partial charge in [0.05, 0.1) is 4.92 Å². The predicted molar refractivity (Wildman–Crippen MR) is 71.6 cm³/mol. The zero-order chi connectivity index (χ0) is 15.3. The quantitative estimate of drug-likeness (QED) is 0.610. The van der Waals surface area contributed by atoms with Gasteiger partial charge in [-0.2, -0.15) is 0 Å². The maximum atomic E-state index is 12.0. The average molecular weight is 280 g/mol. The summed E-state index contributed by atoms with van der Waals surface area (Å²) in [6, 6.07) is 2.96. The van der Waals surface area contributed by atoms with Crippen molar-refractivity contribution in [2.75, 3.05) is 0 Å².